The number of nitrogens with one attached hydrogen (secondary N) is 1. The average Bonchev–Trinajstić information content (AvgIpc) is 3.03. The Bertz CT molecular complexity index is 731. The van der Waals surface area contributed by atoms with E-state index in [-0.39, 0.29) is 38.2 Å². The molecule has 6 nitrogen and oxygen atoms in total. The van der Waals surface area contributed by atoms with E-state index in [4.69, 9.17) is 9.47 Å². The molecule has 2 atom stereocenters. The molecule has 25 heavy (non-hydrogen) atoms. The predicted molar refractivity (Wildman–Crippen MR) is 89.6 cm³/mol. The third-order valence-corrected chi connectivity index (χ3v) is 4.02. The van der Waals surface area contributed by atoms with E-state index >= 15 is 0 Å². The number of aliphatic hydroxyl groups excluding tert-OH is 1. The molecule has 7 heteroatoms. The Morgan fingerprint density at radius 2 is 1.84 bits per heavy atom. The van der Waals surface area contributed by atoms with Crippen molar-refractivity contribution in [2.24, 2.45) is 0 Å². The van der Waals surface area contributed by atoms with E-state index in [1.165, 1.54) is 12.1 Å². The quantitative estimate of drug-likeness (QED) is 0.500. The van der Waals surface area contributed by atoms with Gasteiger partial charge in [0.1, 0.15) is 0 Å². The minimum absolute atomic E-state index is 0. The van der Waals surface area contributed by atoms with Gasteiger partial charge in [0.05, 0.1) is 6.10 Å². The number of phenols is 2. The van der Waals surface area contributed by atoms with Gasteiger partial charge in [-0.1, -0.05) is 12.1 Å². The molecule has 4 N–H and O–H groups in total. The third-order valence-electron chi connectivity index (χ3n) is 4.02. The second kappa shape index (κ2) is 8.29. The molecule has 1 aliphatic heterocycles. The highest BCUT2D eigenvalue weighted by Gasteiger charge is 2.15. The Hall–Kier alpha value is -2.15. The van der Waals surface area contributed by atoms with Gasteiger partial charge in [0.2, 0.25) is 6.79 Å². The molecule has 136 valence electrons. The zero-order chi connectivity index (χ0) is 17.1. The van der Waals surface area contributed by atoms with Crippen LogP contribution in [-0.4, -0.2) is 34.7 Å². The molecular formula is C18H22ClNO5. The van der Waals surface area contributed by atoms with Crippen molar-refractivity contribution in [1.82, 2.24) is 5.32 Å². The number of benzene rings is 2. The van der Waals surface area contributed by atoms with Crippen LogP contribution in [0.4, 0.5) is 0 Å². The lowest BCUT2D eigenvalue weighted by molar-refractivity contribution is -0.00000983. The smallest absolute Gasteiger partial charge is 1.00 e. The molecule has 0 aromatic heterocycles. The SMILES string of the molecule is CC(Cc1ccc2c(c1)OCO2)NCC(O)c1ccc(O)c(O)c1.[Cl-].[H+]. The van der Waals surface area contributed by atoms with Gasteiger partial charge in [-0.15, -0.1) is 0 Å². The van der Waals surface area contributed by atoms with Gasteiger partial charge < -0.3 is 42.5 Å². The second-order valence-corrected chi connectivity index (χ2v) is 5.96. The summed E-state index contributed by atoms with van der Waals surface area (Å²) in [7, 11) is 0. The molecule has 0 amide bonds. The summed E-state index contributed by atoms with van der Waals surface area (Å²) in [5.41, 5.74) is 1.67. The van der Waals surface area contributed by atoms with Gasteiger partial charge in [0.25, 0.3) is 0 Å². The van der Waals surface area contributed by atoms with Crippen molar-refractivity contribution >= 4 is 0 Å². The topological polar surface area (TPSA) is 91.2 Å². The highest BCUT2D eigenvalue weighted by molar-refractivity contribution is 5.44. The minimum Gasteiger partial charge on any atom is -1.00 e. The van der Waals surface area contributed by atoms with Crippen LogP contribution in [0.1, 0.15) is 25.6 Å². The number of halogens is 1. The summed E-state index contributed by atoms with van der Waals surface area (Å²) in [6.45, 7) is 2.64. The molecule has 0 spiro atoms. The second-order valence-electron chi connectivity index (χ2n) is 5.96. The predicted octanol–water partition coefficient (Wildman–Crippen LogP) is -0.803. The summed E-state index contributed by atoms with van der Waals surface area (Å²) in [5.74, 6) is 1.09. The van der Waals surface area contributed by atoms with Crippen molar-refractivity contribution in [1.29, 1.82) is 0 Å². The first kappa shape index (κ1) is 19.2. The van der Waals surface area contributed by atoms with Crippen molar-refractivity contribution in [3.05, 3.63) is 47.5 Å². The van der Waals surface area contributed by atoms with E-state index < -0.39 is 6.10 Å². The first-order chi connectivity index (χ1) is 11.5. The number of aliphatic hydroxyl groups is 1. The Morgan fingerprint density at radius 3 is 2.60 bits per heavy atom. The zero-order valence-electron chi connectivity index (χ0n) is 14.8. The maximum absolute atomic E-state index is 10.2. The largest absolute Gasteiger partial charge is 1.00 e. The normalized spacial score (nSPS) is 14.6. The van der Waals surface area contributed by atoms with E-state index in [1.54, 1.807) is 6.07 Å². The highest BCUT2D eigenvalue weighted by Crippen LogP contribution is 2.32. The third kappa shape index (κ3) is 4.69. The minimum atomic E-state index is -0.768. The number of phenolic OH excluding ortho intramolecular Hbond substituents is 2. The molecular weight excluding hydrogens is 346 g/mol. The lowest BCUT2D eigenvalue weighted by Gasteiger charge is -2.18. The van der Waals surface area contributed by atoms with Crippen molar-refractivity contribution < 1.29 is 38.6 Å². The van der Waals surface area contributed by atoms with Crippen LogP contribution in [0, 0.1) is 0 Å². The number of hydrogen-bond acceptors (Lipinski definition) is 6. The summed E-state index contributed by atoms with van der Waals surface area (Å²) in [6.07, 6.45) is 0.0141. The molecule has 0 bridgehead atoms. The van der Waals surface area contributed by atoms with Gasteiger partial charge in [0.15, 0.2) is 23.0 Å². The van der Waals surface area contributed by atoms with Crippen LogP contribution < -0.4 is 27.2 Å². The van der Waals surface area contributed by atoms with Gasteiger partial charge in [-0.05, 0) is 48.7 Å². The van der Waals surface area contributed by atoms with Crippen LogP contribution in [-0.2, 0) is 6.42 Å². The molecule has 0 fully saturated rings. The number of aromatic hydroxyl groups is 2. The highest BCUT2D eigenvalue weighted by atomic mass is 35.5. The van der Waals surface area contributed by atoms with Crippen LogP contribution in [0.15, 0.2) is 36.4 Å². The maximum atomic E-state index is 10.2. The molecule has 2 aromatic rings. The number of fused-ring (bicyclic) bond motifs is 1. The fourth-order valence-electron chi connectivity index (χ4n) is 2.67. The Kier molecular flexibility index (Phi) is 6.36. The van der Waals surface area contributed by atoms with E-state index in [0.717, 1.165) is 23.5 Å². The van der Waals surface area contributed by atoms with Gasteiger partial charge in [-0.25, -0.2) is 0 Å². The fourth-order valence-corrected chi connectivity index (χ4v) is 2.67. The van der Waals surface area contributed by atoms with E-state index in [0.29, 0.717) is 12.1 Å². The standard InChI is InChI=1S/C18H21NO5.ClH/c1-11(6-12-2-5-17-18(7-12)24-10-23-17)19-9-16(22)13-3-4-14(20)15(21)8-13;/h2-5,7-8,11,16,19-22H,6,9-10H2,1H3;1H. The molecule has 0 aliphatic carbocycles. The van der Waals surface area contributed by atoms with E-state index in [9.17, 15) is 15.3 Å². The molecule has 0 radical (unpaired) electrons. The Labute approximate surface area is 153 Å². The molecule has 0 saturated heterocycles. The average molecular weight is 368 g/mol. The van der Waals surface area contributed by atoms with Crippen LogP contribution in [0.2, 0.25) is 0 Å². The summed E-state index contributed by atoms with van der Waals surface area (Å²) in [4.78, 5) is 0. The van der Waals surface area contributed by atoms with E-state index in [1.807, 2.05) is 25.1 Å². The summed E-state index contributed by atoms with van der Waals surface area (Å²) >= 11 is 0. The number of ether oxygens (including phenoxy) is 2. The maximum Gasteiger partial charge on any atom is 1.00 e. The van der Waals surface area contributed by atoms with Gasteiger partial charge in [0, 0.05) is 12.6 Å². The number of rotatable bonds is 6. The monoisotopic (exact) mass is 367 g/mol. The van der Waals surface area contributed by atoms with Crippen molar-refractivity contribution in [2.45, 2.75) is 25.5 Å². The van der Waals surface area contributed by atoms with Gasteiger partial charge >= 0.3 is 1.43 Å². The molecule has 1 aliphatic rings. The molecule has 2 unspecified atom stereocenters. The number of hydrogen-bond donors (Lipinski definition) is 4. The molecule has 0 saturated carbocycles. The summed E-state index contributed by atoms with van der Waals surface area (Å²) in [5, 5.41) is 32.3. The van der Waals surface area contributed by atoms with Crippen molar-refractivity contribution in [3.8, 4) is 23.0 Å². The van der Waals surface area contributed by atoms with E-state index in [2.05, 4.69) is 5.32 Å². The first-order valence-electron chi connectivity index (χ1n) is 7.85. The van der Waals surface area contributed by atoms with Crippen LogP contribution in [0.5, 0.6) is 23.0 Å². The summed E-state index contributed by atoms with van der Waals surface area (Å²) < 4.78 is 10.7. The lowest BCUT2D eigenvalue weighted by Crippen LogP contribution is -3.00. The van der Waals surface area contributed by atoms with Crippen LogP contribution in [0.25, 0.3) is 0 Å². The fraction of sp³-hybridized carbons (Fsp3) is 0.333. The lowest BCUT2D eigenvalue weighted by atomic mass is 10.1. The molecule has 1 heterocycles. The zero-order valence-corrected chi connectivity index (χ0v) is 14.5. The Balaban J connectivity index is 0.00000169. The Morgan fingerprint density at radius 1 is 1.08 bits per heavy atom. The van der Waals surface area contributed by atoms with Crippen molar-refractivity contribution in [3.63, 3.8) is 0 Å². The molecule has 2 aromatic carbocycles. The summed E-state index contributed by atoms with van der Waals surface area (Å²) in [6, 6.07) is 10.3. The van der Waals surface area contributed by atoms with Crippen molar-refractivity contribution in [2.75, 3.05) is 13.3 Å². The van der Waals surface area contributed by atoms with Gasteiger partial charge in [-0.2, -0.15) is 0 Å². The first-order valence-corrected chi connectivity index (χ1v) is 7.85. The van der Waals surface area contributed by atoms with Gasteiger partial charge in [-0.3, -0.25) is 0 Å². The van der Waals surface area contributed by atoms with Crippen LogP contribution >= 0.6 is 0 Å². The van der Waals surface area contributed by atoms with Crippen LogP contribution in [0.3, 0.4) is 0 Å². The molecule has 3 rings (SSSR count).